The summed E-state index contributed by atoms with van der Waals surface area (Å²) in [4.78, 5) is 8.67. The zero-order chi connectivity index (χ0) is 10.4. The van der Waals surface area contributed by atoms with Gasteiger partial charge in [0, 0.05) is 6.20 Å². The number of rotatable bonds is 0. The molecule has 2 nitrogen and oxygen atoms in total. The van der Waals surface area contributed by atoms with E-state index in [1.54, 1.807) is 0 Å². The van der Waals surface area contributed by atoms with Gasteiger partial charge in [-0.1, -0.05) is 26.3 Å². The van der Waals surface area contributed by atoms with Crippen molar-refractivity contribution in [2.45, 2.75) is 40.0 Å². The number of hydrogen-bond donors (Lipinski definition) is 0. The number of aromatic nitrogens is 2. The van der Waals surface area contributed by atoms with Crippen molar-refractivity contribution < 1.29 is 0 Å². The van der Waals surface area contributed by atoms with Gasteiger partial charge in [-0.15, -0.1) is 0 Å². The average molecular weight is 190 g/mol. The molecule has 1 heterocycles. The molecule has 0 amide bonds. The third-order valence-electron chi connectivity index (χ3n) is 1.82. The Labute approximate surface area is 86.1 Å². The topological polar surface area (TPSA) is 25.8 Å². The van der Waals surface area contributed by atoms with E-state index in [2.05, 4.69) is 36.0 Å². The third-order valence-corrected chi connectivity index (χ3v) is 1.82. The van der Waals surface area contributed by atoms with Crippen LogP contribution in [0.4, 0.5) is 0 Å². The molecule has 1 aromatic rings. The predicted molar refractivity (Wildman–Crippen MR) is 60.1 cm³/mol. The van der Waals surface area contributed by atoms with Crippen LogP contribution in [0.1, 0.15) is 43.8 Å². The van der Waals surface area contributed by atoms with E-state index in [1.165, 1.54) is 6.42 Å². The zero-order valence-corrected chi connectivity index (χ0v) is 9.25. The first-order valence-electron chi connectivity index (χ1n) is 5.27. The van der Waals surface area contributed by atoms with Crippen molar-refractivity contribution >= 4 is 6.08 Å². The van der Waals surface area contributed by atoms with Crippen LogP contribution in [-0.2, 0) is 6.42 Å². The summed E-state index contributed by atoms with van der Waals surface area (Å²) in [6, 6.07) is 0. The van der Waals surface area contributed by atoms with Crippen molar-refractivity contribution in [3.8, 4) is 0 Å². The highest BCUT2D eigenvalue weighted by Crippen LogP contribution is 2.14. The second kappa shape index (κ2) is 5.53. The monoisotopic (exact) mass is 190 g/mol. The summed E-state index contributed by atoms with van der Waals surface area (Å²) in [5.41, 5.74) is 3.18. The number of allylic oxidation sites excluding steroid dienone is 1. The van der Waals surface area contributed by atoms with Gasteiger partial charge in [-0.2, -0.15) is 0 Å². The lowest BCUT2D eigenvalue weighted by atomic mass is 10.1. The fourth-order valence-corrected chi connectivity index (χ4v) is 1.26. The first-order chi connectivity index (χ1) is 6.77. The van der Waals surface area contributed by atoms with E-state index in [-0.39, 0.29) is 0 Å². The maximum Gasteiger partial charge on any atom is 0.0845 e. The van der Waals surface area contributed by atoms with Crippen LogP contribution in [0.25, 0.3) is 6.08 Å². The second-order valence-electron chi connectivity index (χ2n) is 3.49. The number of aryl methyl sites for hydroxylation is 2. The van der Waals surface area contributed by atoms with E-state index < -0.39 is 0 Å². The summed E-state index contributed by atoms with van der Waals surface area (Å²) >= 11 is 0. The fourth-order valence-electron chi connectivity index (χ4n) is 1.26. The molecule has 1 aliphatic carbocycles. The van der Waals surface area contributed by atoms with Gasteiger partial charge in [0.1, 0.15) is 0 Å². The average Bonchev–Trinajstić information content (AvgIpc) is 2.19. The van der Waals surface area contributed by atoms with Gasteiger partial charge in [-0.05, 0) is 25.8 Å². The molecule has 2 rings (SSSR count). The molecule has 0 unspecified atom stereocenters. The maximum absolute atomic E-state index is 4.36. The van der Waals surface area contributed by atoms with Gasteiger partial charge >= 0.3 is 0 Å². The molecule has 0 bridgehead atoms. The Hall–Kier alpha value is -1.18. The predicted octanol–water partition coefficient (Wildman–Crippen LogP) is 3.16. The van der Waals surface area contributed by atoms with Crippen LogP contribution in [0.5, 0.6) is 0 Å². The van der Waals surface area contributed by atoms with Crippen molar-refractivity contribution in [1.82, 2.24) is 9.97 Å². The van der Waals surface area contributed by atoms with Gasteiger partial charge in [0.25, 0.3) is 0 Å². The molecule has 0 saturated carbocycles. The zero-order valence-electron chi connectivity index (χ0n) is 9.25. The maximum atomic E-state index is 4.36. The molecule has 1 aliphatic rings. The molecule has 0 atom stereocenters. The SMILES string of the molecule is CCC.Cc1cnc2c(n1)C=CCC2. The Morgan fingerprint density at radius 3 is 2.79 bits per heavy atom. The van der Waals surface area contributed by atoms with E-state index in [4.69, 9.17) is 0 Å². The Morgan fingerprint density at radius 2 is 2.07 bits per heavy atom. The van der Waals surface area contributed by atoms with Crippen LogP contribution in [-0.4, -0.2) is 9.97 Å². The van der Waals surface area contributed by atoms with Crippen molar-refractivity contribution in [2.75, 3.05) is 0 Å². The highest BCUT2D eigenvalue weighted by molar-refractivity contribution is 5.49. The quantitative estimate of drug-likeness (QED) is 0.628. The molecular formula is C12H18N2. The highest BCUT2D eigenvalue weighted by atomic mass is 14.8. The van der Waals surface area contributed by atoms with Crippen LogP contribution >= 0.6 is 0 Å². The van der Waals surface area contributed by atoms with Gasteiger partial charge in [0.05, 0.1) is 17.1 Å². The van der Waals surface area contributed by atoms with E-state index >= 15 is 0 Å². The van der Waals surface area contributed by atoms with Crippen LogP contribution < -0.4 is 0 Å². The largest absolute Gasteiger partial charge is 0.257 e. The molecule has 0 radical (unpaired) electrons. The number of nitrogens with zero attached hydrogens (tertiary/aromatic N) is 2. The molecular weight excluding hydrogens is 172 g/mol. The summed E-state index contributed by atoms with van der Waals surface area (Å²) in [6.45, 7) is 6.22. The molecule has 0 N–H and O–H groups in total. The Morgan fingerprint density at radius 1 is 1.36 bits per heavy atom. The normalized spacial score (nSPS) is 12.8. The molecule has 76 valence electrons. The minimum absolute atomic E-state index is 0.996. The van der Waals surface area contributed by atoms with Gasteiger partial charge in [-0.25, -0.2) is 0 Å². The molecule has 14 heavy (non-hydrogen) atoms. The van der Waals surface area contributed by atoms with E-state index in [1.807, 2.05) is 13.1 Å². The Bertz CT molecular complexity index is 316. The summed E-state index contributed by atoms with van der Waals surface area (Å²) in [7, 11) is 0. The molecule has 0 aromatic carbocycles. The van der Waals surface area contributed by atoms with Crippen molar-refractivity contribution in [2.24, 2.45) is 0 Å². The van der Waals surface area contributed by atoms with Gasteiger partial charge in [0.2, 0.25) is 0 Å². The lowest BCUT2D eigenvalue weighted by molar-refractivity contribution is 0.891. The summed E-state index contributed by atoms with van der Waals surface area (Å²) in [6.07, 6.45) is 9.43. The lowest BCUT2D eigenvalue weighted by Crippen LogP contribution is -2.01. The number of hydrogen-bond acceptors (Lipinski definition) is 2. The minimum atomic E-state index is 0.996. The summed E-state index contributed by atoms with van der Waals surface area (Å²) in [5.74, 6) is 0. The van der Waals surface area contributed by atoms with Crippen molar-refractivity contribution in [1.29, 1.82) is 0 Å². The smallest absolute Gasteiger partial charge is 0.0845 e. The first kappa shape index (κ1) is 10.9. The van der Waals surface area contributed by atoms with Gasteiger partial charge in [0.15, 0.2) is 0 Å². The van der Waals surface area contributed by atoms with Crippen molar-refractivity contribution in [3.05, 3.63) is 29.4 Å². The van der Waals surface area contributed by atoms with Crippen LogP contribution in [0, 0.1) is 6.92 Å². The van der Waals surface area contributed by atoms with Gasteiger partial charge < -0.3 is 0 Å². The molecule has 0 spiro atoms. The second-order valence-corrected chi connectivity index (χ2v) is 3.49. The standard InChI is InChI=1S/C9H10N2.C3H8/c1-7-6-10-8-4-2-3-5-9(8)11-7;1-3-2/h3,5-6H,2,4H2,1H3;3H2,1-2H3. The van der Waals surface area contributed by atoms with E-state index in [0.29, 0.717) is 0 Å². The molecule has 1 aromatic heterocycles. The summed E-state index contributed by atoms with van der Waals surface area (Å²) in [5, 5.41) is 0. The first-order valence-corrected chi connectivity index (χ1v) is 5.27. The Kier molecular flexibility index (Phi) is 4.30. The van der Waals surface area contributed by atoms with Gasteiger partial charge in [-0.3, -0.25) is 9.97 Å². The Balaban J connectivity index is 0.000000293. The van der Waals surface area contributed by atoms with Crippen LogP contribution in [0.2, 0.25) is 0 Å². The lowest BCUT2D eigenvalue weighted by Gasteiger charge is -2.07. The molecule has 0 aliphatic heterocycles. The van der Waals surface area contributed by atoms with E-state index in [0.717, 1.165) is 29.9 Å². The van der Waals surface area contributed by atoms with Crippen LogP contribution in [0.15, 0.2) is 12.3 Å². The number of fused-ring (bicyclic) bond motifs is 1. The van der Waals surface area contributed by atoms with Crippen LogP contribution in [0.3, 0.4) is 0 Å². The molecule has 2 heteroatoms. The molecule has 0 fully saturated rings. The third kappa shape index (κ3) is 2.95. The van der Waals surface area contributed by atoms with E-state index in [9.17, 15) is 0 Å². The highest BCUT2D eigenvalue weighted by Gasteiger charge is 2.05. The fraction of sp³-hybridized carbons (Fsp3) is 0.500. The minimum Gasteiger partial charge on any atom is -0.257 e. The molecule has 0 saturated heterocycles. The summed E-state index contributed by atoms with van der Waals surface area (Å²) < 4.78 is 0. The van der Waals surface area contributed by atoms with Crippen molar-refractivity contribution in [3.63, 3.8) is 0 Å².